The summed E-state index contributed by atoms with van der Waals surface area (Å²) in [5.41, 5.74) is 0.487. The van der Waals surface area contributed by atoms with E-state index in [2.05, 4.69) is 15.3 Å². The van der Waals surface area contributed by atoms with E-state index in [9.17, 15) is 18.4 Å². The van der Waals surface area contributed by atoms with Gasteiger partial charge in [0, 0.05) is 28.7 Å². The second kappa shape index (κ2) is 7.96. The largest absolute Gasteiger partial charge is 0.310 e. The molecule has 29 heavy (non-hydrogen) atoms. The van der Waals surface area contributed by atoms with Gasteiger partial charge in [0.15, 0.2) is 5.16 Å². The number of carbonyl (C=O) groups is 1. The average molecular weight is 434 g/mol. The zero-order chi connectivity index (χ0) is 20.5. The standard InChI is InChI=1S/C20H14ClF2N3O2S/c21-13-5-2-6-14(23)16(13)12-8-15(27)24-18-17(12)19(28)26-20(25-18)29-9-10-3-1-4-11(22)7-10/h1-7,12H,8-9H2,(H2,24,25,26,27,28). The van der Waals surface area contributed by atoms with Crippen LogP contribution in [0.5, 0.6) is 0 Å². The minimum Gasteiger partial charge on any atom is -0.310 e. The Morgan fingerprint density at radius 3 is 2.69 bits per heavy atom. The molecule has 1 atom stereocenters. The van der Waals surface area contributed by atoms with Gasteiger partial charge in [-0.05, 0) is 29.8 Å². The maximum atomic E-state index is 14.4. The number of aromatic nitrogens is 2. The van der Waals surface area contributed by atoms with Crippen LogP contribution in [0.3, 0.4) is 0 Å². The van der Waals surface area contributed by atoms with Gasteiger partial charge in [-0.2, -0.15) is 0 Å². The number of anilines is 1. The molecule has 1 aromatic heterocycles. The molecule has 1 aliphatic heterocycles. The van der Waals surface area contributed by atoms with Gasteiger partial charge in [0.05, 0.1) is 5.56 Å². The second-order valence-electron chi connectivity index (χ2n) is 6.49. The third-order valence-corrected chi connectivity index (χ3v) is 5.82. The quantitative estimate of drug-likeness (QED) is 0.470. The fraction of sp³-hybridized carbons (Fsp3) is 0.150. The van der Waals surface area contributed by atoms with Crippen molar-refractivity contribution in [3.05, 3.63) is 86.2 Å². The molecule has 0 bridgehead atoms. The highest BCUT2D eigenvalue weighted by Gasteiger charge is 2.33. The molecule has 0 aliphatic carbocycles. The van der Waals surface area contributed by atoms with Crippen molar-refractivity contribution >= 4 is 35.1 Å². The number of nitrogens with one attached hydrogen (secondary N) is 2. The number of halogens is 3. The number of thioether (sulfide) groups is 1. The number of hydrogen-bond donors (Lipinski definition) is 2. The van der Waals surface area contributed by atoms with Gasteiger partial charge in [-0.15, -0.1) is 0 Å². The summed E-state index contributed by atoms with van der Waals surface area (Å²) in [6.07, 6.45) is -0.117. The Hall–Kier alpha value is -2.71. The predicted octanol–water partition coefficient (Wildman–Crippen LogP) is 4.47. The average Bonchev–Trinajstić information content (AvgIpc) is 2.65. The summed E-state index contributed by atoms with van der Waals surface area (Å²) >= 11 is 7.34. The summed E-state index contributed by atoms with van der Waals surface area (Å²) in [7, 11) is 0. The van der Waals surface area contributed by atoms with E-state index in [1.165, 1.54) is 42.1 Å². The fourth-order valence-corrected chi connectivity index (χ4v) is 4.39. The van der Waals surface area contributed by atoms with Crippen LogP contribution in [0.1, 0.15) is 29.0 Å². The maximum Gasteiger partial charge on any atom is 0.257 e. The number of nitrogens with zero attached hydrogens (tertiary/aromatic N) is 1. The predicted molar refractivity (Wildman–Crippen MR) is 107 cm³/mol. The Morgan fingerprint density at radius 2 is 1.93 bits per heavy atom. The molecule has 0 radical (unpaired) electrons. The normalized spacial score (nSPS) is 15.7. The first-order valence-electron chi connectivity index (χ1n) is 8.67. The van der Waals surface area contributed by atoms with Crippen molar-refractivity contribution in [2.75, 3.05) is 5.32 Å². The molecule has 1 unspecified atom stereocenters. The van der Waals surface area contributed by atoms with E-state index in [4.69, 9.17) is 11.6 Å². The van der Waals surface area contributed by atoms with Gasteiger partial charge in [-0.1, -0.05) is 41.6 Å². The number of rotatable bonds is 4. The Kier molecular flexibility index (Phi) is 5.38. The van der Waals surface area contributed by atoms with Gasteiger partial charge in [-0.3, -0.25) is 9.59 Å². The van der Waals surface area contributed by atoms with E-state index >= 15 is 0 Å². The summed E-state index contributed by atoms with van der Waals surface area (Å²) < 4.78 is 27.7. The Morgan fingerprint density at radius 1 is 1.14 bits per heavy atom. The van der Waals surface area contributed by atoms with Gasteiger partial charge in [0.2, 0.25) is 5.91 Å². The van der Waals surface area contributed by atoms with Crippen LogP contribution in [-0.4, -0.2) is 15.9 Å². The number of carbonyl (C=O) groups excluding carboxylic acids is 1. The Bertz CT molecular complexity index is 1150. The van der Waals surface area contributed by atoms with Crippen molar-refractivity contribution in [3.63, 3.8) is 0 Å². The highest BCUT2D eigenvalue weighted by molar-refractivity contribution is 7.98. The molecular weight excluding hydrogens is 420 g/mol. The van der Waals surface area contributed by atoms with Gasteiger partial charge >= 0.3 is 0 Å². The van der Waals surface area contributed by atoms with Gasteiger partial charge in [0.1, 0.15) is 17.5 Å². The van der Waals surface area contributed by atoms with Crippen molar-refractivity contribution in [3.8, 4) is 0 Å². The number of H-pyrrole nitrogens is 1. The SMILES string of the molecule is O=C1CC(c2c(F)cccc2Cl)c2c(nc(SCc3cccc(F)c3)[nH]c2=O)N1. The van der Waals surface area contributed by atoms with Crippen LogP contribution in [0.15, 0.2) is 52.4 Å². The van der Waals surface area contributed by atoms with Crippen molar-refractivity contribution in [1.29, 1.82) is 0 Å². The number of benzene rings is 2. The summed E-state index contributed by atoms with van der Waals surface area (Å²) in [5.74, 6) is -1.72. The Balaban J connectivity index is 1.70. The first-order chi connectivity index (χ1) is 13.9. The van der Waals surface area contributed by atoms with E-state index in [1.54, 1.807) is 12.1 Å². The van der Waals surface area contributed by atoms with E-state index in [0.717, 1.165) is 5.56 Å². The molecule has 4 rings (SSSR count). The molecule has 0 spiro atoms. The molecule has 9 heteroatoms. The van der Waals surface area contributed by atoms with Crippen LogP contribution in [0.2, 0.25) is 5.02 Å². The number of aromatic amines is 1. The van der Waals surface area contributed by atoms with Crippen LogP contribution < -0.4 is 10.9 Å². The van der Waals surface area contributed by atoms with Crippen LogP contribution in [-0.2, 0) is 10.5 Å². The van der Waals surface area contributed by atoms with E-state index < -0.39 is 17.3 Å². The topological polar surface area (TPSA) is 74.8 Å². The fourth-order valence-electron chi connectivity index (χ4n) is 3.29. The van der Waals surface area contributed by atoms with Crippen molar-refractivity contribution in [1.82, 2.24) is 9.97 Å². The molecule has 2 N–H and O–H groups in total. The molecule has 0 saturated carbocycles. The lowest BCUT2D eigenvalue weighted by atomic mass is 9.86. The minimum atomic E-state index is -0.842. The monoisotopic (exact) mass is 433 g/mol. The van der Waals surface area contributed by atoms with Crippen LogP contribution in [0.4, 0.5) is 14.6 Å². The number of hydrogen-bond acceptors (Lipinski definition) is 4. The zero-order valence-corrected chi connectivity index (χ0v) is 16.4. The molecule has 2 heterocycles. The van der Waals surface area contributed by atoms with Gasteiger partial charge in [0.25, 0.3) is 5.56 Å². The molecule has 0 fully saturated rings. The van der Waals surface area contributed by atoms with Crippen molar-refractivity contribution < 1.29 is 13.6 Å². The van der Waals surface area contributed by atoms with Crippen LogP contribution in [0, 0.1) is 11.6 Å². The molecule has 3 aromatic rings. The van der Waals surface area contributed by atoms with E-state index in [0.29, 0.717) is 5.75 Å². The number of amides is 1. The zero-order valence-electron chi connectivity index (χ0n) is 14.8. The molecule has 2 aromatic carbocycles. The molecular formula is C20H14ClF2N3O2S. The lowest BCUT2D eigenvalue weighted by Gasteiger charge is -2.25. The second-order valence-corrected chi connectivity index (χ2v) is 7.86. The Labute approximate surface area is 173 Å². The van der Waals surface area contributed by atoms with Gasteiger partial charge in [-0.25, -0.2) is 13.8 Å². The van der Waals surface area contributed by atoms with Gasteiger partial charge < -0.3 is 10.3 Å². The van der Waals surface area contributed by atoms with Crippen molar-refractivity contribution in [2.45, 2.75) is 23.2 Å². The number of fused-ring (bicyclic) bond motifs is 1. The van der Waals surface area contributed by atoms with Crippen LogP contribution in [0.25, 0.3) is 0 Å². The highest BCUT2D eigenvalue weighted by atomic mass is 35.5. The lowest BCUT2D eigenvalue weighted by molar-refractivity contribution is -0.116. The summed E-state index contributed by atoms with van der Waals surface area (Å²) in [4.78, 5) is 31.9. The molecule has 1 amide bonds. The van der Waals surface area contributed by atoms with E-state index in [-0.39, 0.29) is 45.3 Å². The smallest absolute Gasteiger partial charge is 0.257 e. The highest BCUT2D eigenvalue weighted by Crippen LogP contribution is 2.39. The molecule has 1 aliphatic rings. The first kappa shape index (κ1) is 19.6. The molecule has 148 valence electrons. The summed E-state index contributed by atoms with van der Waals surface area (Å²) in [6, 6.07) is 10.3. The first-order valence-corrected chi connectivity index (χ1v) is 10.0. The lowest BCUT2D eigenvalue weighted by Crippen LogP contribution is -2.31. The minimum absolute atomic E-state index is 0.0797. The molecule has 0 saturated heterocycles. The van der Waals surface area contributed by atoms with Crippen LogP contribution >= 0.6 is 23.4 Å². The van der Waals surface area contributed by atoms with Crippen molar-refractivity contribution in [2.24, 2.45) is 0 Å². The van der Waals surface area contributed by atoms with E-state index in [1.807, 2.05) is 0 Å². The third-order valence-electron chi connectivity index (χ3n) is 4.54. The third kappa shape index (κ3) is 4.04. The maximum absolute atomic E-state index is 14.4. The summed E-state index contributed by atoms with van der Waals surface area (Å²) in [6.45, 7) is 0. The molecule has 5 nitrogen and oxygen atoms in total. The summed E-state index contributed by atoms with van der Waals surface area (Å²) in [5, 5.41) is 2.98.